The van der Waals surface area contributed by atoms with Crippen molar-refractivity contribution in [3.8, 4) is 5.75 Å². The molecule has 0 unspecified atom stereocenters. The van der Waals surface area contributed by atoms with Crippen LogP contribution in [-0.2, 0) is 11.8 Å². The highest BCUT2D eigenvalue weighted by atomic mass is 79.9. The number of rotatable bonds is 4. The highest BCUT2D eigenvalue weighted by Gasteiger charge is 2.15. The van der Waals surface area contributed by atoms with Gasteiger partial charge in [-0.05, 0) is 33.1 Å². The van der Waals surface area contributed by atoms with E-state index in [1.165, 1.54) is 5.56 Å². The molecule has 0 amide bonds. The second-order valence-electron chi connectivity index (χ2n) is 4.14. The van der Waals surface area contributed by atoms with Crippen LogP contribution in [0, 0.1) is 0 Å². The molecule has 0 aliphatic rings. The number of ether oxygens (including phenoxy) is 1. The van der Waals surface area contributed by atoms with Crippen molar-refractivity contribution in [2.24, 2.45) is 0 Å². The monoisotopic (exact) mass is 446 g/mol. The van der Waals surface area contributed by atoms with Gasteiger partial charge >= 0.3 is 0 Å². The maximum absolute atomic E-state index is 5.56. The minimum absolute atomic E-state index is 0.774. The van der Waals surface area contributed by atoms with Crippen LogP contribution in [0.5, 0.6) is 5.75 Å². The highest BCUT2D eigenvalue weighted by Crippen LogP contribution is 2.39. The first-order chi connectivity index (χ1) is 9.17. The van der Waals surface area contributed by atoms with Crippen LogP contribution in [0.3, 0.4) is 0 Å². The molecule has 0 heterocycles. The van der Waals surface area contributed by atoms with Crippen LogP contribution in [0.15, 0.2) is 45.3 Å². The topological polar surface area (TPSA) is 9.23 Å². The van der Waals surface area contributed by atoms with Crippen molar-refractivity contribution in [3.05, 3.63) is 62.0 Å². The second kappa shape index (κ2) is 6.91. The van der Waals surface area contributed by atoms with Gasteiger partial charge in [-0.25, -0.2) is 0 Å². The van der Waals surface area contributed by atoms with Gasteiger partial charge in [-0.1, -0.05) is 62.2 Å². The number of hydrogen-bond acceptors (Lipinski definition) is 1. The molecule has 2 aromatic carbocycles. The Balaban J connectivity index is 2.46. The van der Waals surface area contributed by atoms with Crippen LogP contribution >= 0.6 is 47.8 Å². The van der Waals surface area contributed by atoms with Crippen LogP contribution < -0.4 is 4.74 Å². The molecule has 0 aromatic heterocycles. The van der Waals surface area contributed by atoms with E-state index in [1.807, 2.05) is 6.07 Å². The summed E-state index contributed by atoms with van der Waals surface area (Å²) in [6, 6.07) is 12.5. The minimum atomic E-state index is 0.774. The summed E-state index contributed by atoms with van der Waals surface area (Å²) in [6.45, 7) is 0. The molecule has 4 heteroatoms. The summed E-state index contributed by atoms with van der Waals surface area (Å²) in [5.41, 5.74) is 3.59. The van der Waals surface area contributed by atoms with Crippen molar-refractivity contribution in [1.82, 2.24) is 0 Å². The number of hydrogen-bond donors (Lipinski definition) is 0. The molecule has 0 saturated carbocycles. The number of benzene rings is 2. The Morgan fingerprint density at radius 2 is 1.79 bits per heavy atom. The third-order valence-corrected chi connectivity index (χ3v) is 5.03. The summed E-state index contributed by atoms with van der Waals surface area (Å²) in [6.07, 6.45) is 0.851. The predicted octanol–water partition coefficient (Wildman–Crippen LogP) is 5.71. The number of alkyl halides is 1. The van der Waals surface area contributed by atoms with E-state index in [0.717, 1.165) is 37.6 Å². The average Bonchev–Trinajstić information content (AvgIpc) is 2.40. The van der Waals surface area contributed by atoms with Crippen LogP contribution in [0.25, 0.3) is 0 Å². The van der Waals surface area contributed by atoms with E-state index in [2.05, 4.69) is 78.1 Å². The molecule has 0 N–H and O–H groups in total. The van der Waals surface area contributed by atoms with E-state index in [1.54, 1.807) is 7.11 Å². The molecule has 0 fully saturated rings. The lowest BCUT2D eigenvalue weighted by Crippen LogP contribution is -1.98. The van der Waals surface area contributed by atoms with Crippen molar-refractivity contribution >= 4 is 47.8 Å². The summed E-state index contributed by atoms with van der Waals surface area (Å²) in [5, 5.41) is 0.774. The Labute approximate surface area is 138 Å². The van der Waals surface area contributed by atoms with E-state index >= 15 is 0 Å². The summed E-state index contributed by atoms with van der Waals surface area (Å²) in [4.78, 5) is 0. The van der Waals surface area contributed by atoms with Gasteiger partial charge in [-0.3, -0.25) is 0 Å². The molecule has 0 atom stereocenters. The van der Waals surface area contributed by atoms with Gasteiger partial charge in [-0.15, -0.1) is 0 Å². The molecule has 0 spiro atoms. The molecule has 0 saturated heterocycles. The zero-order chi connectivity index (χ0) is 13.8. The Hall–Kier alpha value is -0.320. The predicted molar refractivity (Wildman–Crippen MR) is 90.3 cm³/mol. The Morgan fingerprint density at radius 3 is 2.37 bits per heavy atom. The normalized spacial score (nSPS) is 10.5. The fourth-order valence-corrected chi connectivity index (χ4v) is 4.96. The quantitative estimate of drug-likeness (QED) is 0.545. The summed E-state index contributed by atoms with van der Waals surface area (Å²) in [7, 11) is 1.71. The lowest BCUT2D eigenvalue weighted by molar-refractivity contribution is 0.407. The number of methoxy groups -OCH3 is 1. The maximum Gasteiger partial charge on any atom is 0.136 e. The van der Waals surface area contributed by atoms with Crippen LogP contribution in [0.1, 0.15) is 16.7 Å². The summed E-state index contributed by atoms with van der Waals surface area (Å²) >= 11 is 10.7. The van der Waals surface area contributed by atoms with E-state index < -0.39 is 0 Å². The molecule has 1 nitrogen and oxygen atoms in total. The fraction of sp³-hybridized carbons (Fsp3) is 0.200. The van der Waals surface area contributed by atoms with Gasteiger partial charge in [0.1, 0.15) is 5.75 Å². The number of halogens is 3. The van der Waals surface area contributed by atoms with Gasteiger partial charge < -0.3 is 4.74 Å². The van der Waals surface area contributed by atoms with E-state index in [-0.39, 0.29) is 0 Å². The first-order valence-corrected chi connectivity index (χ1v) is 8.51. The summed E-state index contributed by atoms with van der Waals surface area (Å²) < 4.78 is 7.65. The molecule has 19 heavy (non-hydrogen) atoms. The van der Waals surface area contributed by atoms with E-state index in [0.29, 0.717) is 0 Å². The largest absolute Gasteiger partial charge is 0.495 e. The van der Waals surface area contributed by atoms with Gasteiger partial charge in [0.2, 0.25) is 0 Å². The van der Waals surface area contributed by atoms with E-state index in [9.17, 15) is 0 Å². The Kier molecular flexibility index (Phi) is 5.48. The second-order valence-corrected chi connectivity index (χ2v) is 6.35. The van der Waals surface area contributed by atoms with Crippen molar-refractivity contribution in [1.29, 1.82) is 0 Å². The third-order valence-electron chi connectivity index (χ3n) is 2.92. The molecule has 0 bridgehead atoms. The van der Waals surface area contributed by atoms with E-state index in [4.69, 9.17) is 4.74 Å². The van der Waals surface area contributed by atoms with Crippen molar-refractivity contribution in [2.45, 2.75) is 11.8 Å². The summed E-state index contributed by atoms with van der Waals surface area (Å²) in [5.74, 6) is 0.904. The Bertz CT molecular complexity index is 567. The van der Waals surface area contributed by atoms with Gasteiger partial charge in [0.25, 0.3) is 0 Å². The highest BCUT2D eigenvalue weighted by molar-refractivity contribution is 9.11. The molecule has 2 rings (SSSR count). The average molecular weight is 449 g/mol. The molecule has 0 aliphatic carbocycles. The van der Waals surface area contributed by atoms with Crippen LogP contribution in [-0.4, -0.2) is 7.11 Å². The first-order valence-electron chi connectivity index (χ1n) is 5.81. The molecular weight excluding hydrogens is 436 g/mol. The SMILES string of the molecule is COc1c(Cc2ccccc2)cc(Br)c(CBr)c1Br. The lowest BCUT2D eigenvalue weighted by atomic mass is 10.0. The molecule has 2 aromatic rings. The Morgan fingerprint density at radius 1 is 1.11 bits per heavy atom. The van der Waals surface area contributed by atoms with Gasteiger partial charge in [-0.2, -0.15) is 0 Å². The van der Waals surface area contributed by atoms with Crippen LogP contribution in [0.4, 0.5) is 0 Å². The van der Waals surface area contributed by atoms with Gasteiger partial charge in [0.15, 0.2) is 0 Å². The standard InChI is InChI=1S/C15H13Br3O/c1-19-15-11(7-10-5-3-2-4-6-10)8-13(17)12(9-16)14(15)18/h2-6,8H,7,9H2,1H3. The van der Waals surface area contributed by atoms with Crippen molar-refractivity contribution < 1.29 is 4.74 Å². The smallest absolute Gasteiger partial charge is 0.136 e. The molecule has 0 radical (unpaired) electrons. The van der Waals surface area contributed by atoms with Gasteiger partial charge in [0.05, 0.1) is 11.6 Å². The van der Waals surface area contributed by atoms with Crippen molar-refractivity contribution in [3.63, 3.8) is 0 Å². The minimum Gasteiger partial charge on any atom is -0.495 e. The zero-order valence-corrected chi connectivity index (χ0v) is 15.2. The van der Waals surface area contributed by atoms with Gasteiger partial charge in [0, 0.05) is 21.8 Å². The molecule has 100 valence electrons. The van der Waals surface area contributed by atoms with Crippen molar-refractivity contribution in [2.75, 3.05) is 7.11 Å². The fourth-order valence-electron chi connectivity index (χ4n) is 1.98. The molecular formula is C15H13Br3O. The zero-order valence-electron chi connectivity index (χ0n) is 10.4. The van der Waals surface area contributed by atoms with Crippen LogP contribution in [0.2, 0.25) is 0 Å². The third kappa shape index (κ3) is 3.41. The molecule has 0 aliphatic heterocycles. The maximum atomic E-state index is 5.56. The lowest BCUT2D eigenvalue weighted by Gasteiger charge is -2.15. The first kappa shape index (κ1) is 15.1.